The Morgan fingerprint density at radius 1 is 1.32 bits per heavy atom. The van der Waals surface area contributed by atoms with Gasteiger partial charge in [0.1, 0.15) is 0 Å². The van der Waals surface area contributed by atoms with Gasteiger partial charge in [0.05, 0.1) is 0 Å². The van der Waals surface area contributed by atoms with Crippen LogP contribution in [-0.4, -0.2) is 12.5 Å². The first-order chi connectivity index (χ1) is 9.14. The molecule has 1 saturated carbocycles. The molecule has 0 bridgehead atoms. The lowest BCUT2D eigenvalue weighted by atomic mass is 9.88. The molecule has 2 rings (SSSR count). The van der Waals surface area contributed by atoms with Crippen LogP contribution >= 0.6 is 0 Å². The van der Waals surface area contributed by atoms with E-state index in [4.69, 9.17) is 0 Å². The third kappa shape index (κ3) is 3.57. The molecule has 1 amide bonds. The van der Waals surface area contributed by atoms with Gasteiger partial charge in [0.15, 0.2) is 0 Å². The maximum atomic E-state index is 12.3. The summed E-state index contributed by atoms with van der Waals surface area (Å²) in [7, 11) is 0. The highest BCUT2D eigenvalue weighted by Gasteiger charge is 2.36. The van der Waals surface area contributed by atoms with Crippen LogP contribution in [0.2, 0.25) is 0 Å². The highest BCUT2D eigenvalue weighted by molar-refractivity contribution is 5.95. The number of carbonyl (C=O) groups excluding carboxylic acids is 1. The topological polar surface area (TPSA) is 41.1 Å². The average Bonchev–Trinajstić information content (AvgIpc) is 2.85. The van der Waals surface area contributed by atoms with Crippen molar-refractivity contribution in [3.63, 3.8) is 0 Å². The van der Waals surface area contributed by atoms with Gasteiger partial charge in [0.25, 0.3) is 0 Å². The summed E-state index contributed by atoms with van der Waals surface area (Å²) in [5, 5.41) is 6.37. The lowest BCUT2D eigenvalue weighted by molar-refractivity contribution is -0.124. The minimum Gasteiger partial charge on any atom is -0.326 e. The van der Waals surface area contributed by atoms with Crippen molar-refractivity contribution in [3.05, 3.63) is 29.8 Å². The first-order valence-corrected chi connectivity index (χ1v) is 7.25. The number of hydrogen-bond donors (Lipinski definition) is 2. The van der Waals surface area contributed by atoms with Crippen molar-refractivity contribution >= 4 is 11.6 Å². The fourth-order valence-electron chi connectivity index (χ4n) is 2.69. The number of nitrogens with one attached hydrogen (secondary N) is 2. The largest absolute Gasteiger partial charge is 0.326 e. The molecule has 1 aromatic carbocycles. The van der Waals surface area contributed by atoms with Gasteiger partial charge in [0.2, 0.25) is 5.91 Å². The molecular weight excluding hydrogens is 236 g/mol. The van der Waals surface area contributed by atoms with Gasteiger partial charge in [-0.25, -0.2) is 0 Å². The normalized spacial score (nSPS) is 17.4. The first kappa shape index (κ1) is 14.1. The van der Waals surface area contributed by atoms with Gasteiger partial charge in [0, 0.05) is 17.6 Å². The average molecular weight is 260 g/mol. The van der Waals surface area contributed by atoms with E-state index in [0.717, 1.165) is 31.6 Å². The van der Waals surface area contributed by atoms with Crippen molar-refractivity contribution in [2.45, 2.75) is 46.1 Å². The zero-order valence-corrected chi connectivity index (χ0v) is 12.0. The minimum atomic E-state index is -0.169. The molecule has 3 heteroatoms. The van der Waals surface area contributed by atoms with Gasteiger partial charge in [-0.05, 0) is 37.1 Å². The van der Waals surface area contributed by atoms with Crippen LogP contribution in [0.25, 0.3) is 0 Å². The lowest BCUT2D eigenvalue weighted by Crippen LogP contribution is -2.30. The molecule has 19 heavy (non-hydrogen) atoms. The van der Waals surface area contributed by atoms with Crippen molar-refractivity contribution in [1.29, 1.82) is 0 Å². The molecule has 0 spiro atoms. The molecule has 0 aliphatic heterocycles. The Morgan fingerprint density at radius 3 is 2.74 bits per heavy atom. The number of anilines is 1. The summed E-state index contributed by atoms with van der Waals surface area (Å²) < 4.78 is 0. The van der Waals surface area contributed by atoms with Crippen LogP contribution in [0.15, 0.2) is 24.3 Å². The van der Waals surface area contributed by atoms with Gasteiger partial charge in [-0.1, -0.05) is 38.8 Å². The first-order valence-electron chi connectivity index (χ1n) is 7.25. The molecule has 0 atom stereocenters. The molecule has 0 heterocycles. The van der Waals surface area contributed by atoms with Crippen LogP contribution in [-0.2, 0) is 11.3 Å². The van der Waals surface area contributed by atoms with Crippen LogP contribution in [0.1, 0.15) is 45.1 Å². The molecule has 104 valence electrons. The molecule has 3 nitrogen and oxygen atoms in total. The van der Waals surface area contributed by atoms with Crippen LogP contribution in [0.4, 0.5) is 5.69 Å². The van der Waals surface area contributed by atoms with E-state index in [1.807, 2.05) is 12.1 Å². The van der Waals surface area contributed by atoms with Crippen LogP contribution in [0.5, 0.6) is 0 Å². The summed E-state index contributed by atoms with van der Waals surface area (Å²) in [6.45, 7) is 5.97. The molecule has 2 N–H and O–H groups in total. The van der Waals surface area contributed by atoms with Crippen molar-refractivity contribution in [1.82, 2.24) is 5.32 Å². The molecule has 1 aliphatic carbocycles. The van der Waals surface area contributed by atoms with Crippen molar-refractivity contribution in [3.8, 4) is 0 Å². The summed E-state index contributed by atoms with van der Waals surface area (Å²) in [4.78, 5) is 12.3. The predicted octanol–water partition coefficient (Wildman–Crippen LogP) is 3.31. The lowest BCUT2D eigenvalue weighted by Gasteiger charge is -2.22. The Morgan fingerprint density at radius 2 is 2.05 bits per heavy atom. The van der Waals surface area contributed by atoms with E-state index in [0.29, 0.717) is 0 Å². The summed E-state index contributed by atoms with van der Waals surface area (Å²) >= 11 is 0. The number of amides is 1. The van der Waals surface area contributed by atoms with E-state index in [1.165, 1.54) is 18.4 Å². The molecule has 0 radical (unpaired) electrons. The Kier molecular flexibility index (Phi) is 4.59. The van der Waals surface area contributed by atoms with Gasteiger partial charge < -0.3 is 10.6 Å². The van der Waals surface area contributed by atoms with E-state index >= 15 is 0 Å². The Balaban J connectivity index is 2.00. The highest BCUT2D eigenvalue weighted by atomic mass is 16.2. The highest BCUT2D eigenvalue weighted by Crippen LogP contribution is 2.38. The van der Waals surface area contributed by atoms with Gasteiger partial charge in [-0.15, -0.1) is 0 Å². The molecule has 0 unspecified atom stereocenters. The second-order valence-corrected chi connectivity index (χ2v) is 5.70. The number of carbonyl (C=O) groups is 1. The van der Waals surface area contributed by atoms with Crippen molar-refractivity contribution < 1.29 is 4.79 Å². The van der Waals surface area contributed by atoms with E-state index in [-0.39, 0.29) is 11.3 Å². The monoisotopic (exact) mass is 260 g/mol. The third-order valence-electron chi connectivity index (χ3n) is 4.02. The second kappa shape index (κ2) is 6.20. The Bertz CT molecular complexity index is 436. The van der Waals surface area contributed by atoms with Crippen LogP contribution in [0.3, 0.4) is 0 Å². The van der Waals surface area contributed by atoms with Gasteiger partial charge in [-0.2, -0.15) is 0 Å². The zero-order chi connectivity index (χ0) is 13.7. The van der Waals surface area contributed by atoms with Crippen LogP contribution < -0.4 is 10.6 Å². The Labute approximate surface area is 115 Å². The predicted molar refractivity (Wildman–Crippen MR) is 79.0 cm³/mol. The molecule has 0 saturated heterocycles. The number of hydrogen-bond acceptors (Lipinski definition) is 2. The SMILES string of the molecule is CCNCc1cccc(NC(=O)C2(C)CCCC2)c1. The van der Waals surface area contributed by atoms with Crippen LogP contribution in [0, 0.1) is 5.41 Å². The number of benzene rings is 1. The molecule has 1 aliphatic rings. The molecular formula is C16H24N2O. The fraction of sp³-hybridized carbons (Fsp3) is 0.562. The standard InChI is InChI=1S/C16H24N2O/c1-3-17-12-13-7-6-8-14(11-13)18-15(19)16(2)9-4-5-10-16/h6-8,11,17H,3-5,9-10,12H2,1-2H3,(H,18,19). The maximum absolute atomic E-state index is 12.3. The van der Waals surface area contributed by atoms with E-state index in [1.54, 1.807) is 0 Å². The van der Waals surface area contributed by atoms with E-state index in [2.05, 4.69) is 36.6 Å². The van der Waals surface area contributed by atoms with Gasteiger partial charge >= 0.3 is 0 Å². The summed E-state index contributed by atoms with van der Waals surface area (Å²) in [5.74, 6) is 0.172. The van der Waals surface area contributed by atoms with Gasteiger partial charge in [-0.3, -0.25) is 4.79 Å². The third-order valence-corrected chi connectivity index (χ3v) is 4.02. The summed E-state index contributed by atoms with van der Waals surface area (Å²) in [6.07, 6.45) is 4.36. The fourth-order valence-corrected chi connectivity index (χ4v) is 2.69. The Hall–Kier alpha value is -1.35. The maximum Gasteiger partial charge on any atom is 0.230 e. The smallest absolute Gasteiger partial charge is 0.230 e. The second-order valence-electron chi connectivity index (χ2n) is 5.70. The summed E-state index contributed by atoms with van der Waals surface area (Å²) in [6, 6.07) is 8.10. The van der Waals surface area contributed by atoms with E-state index < -0.39 is 0 Å². The molecule has 1 fully saturated rings. The van der Waals surface area contributed by atoms with Crippen molar-refractivity contribution in [2.24, 2.45) is 5.41 Å². The molecule has 0 aromatic heterocycles. The summed E-state index contributed by atoms with van der Waals surface area (Å²) in [5.41, 5.74) is 1.95. The van der Waals surface area contributed by atoms with Crippen molar-refractivity contribution in [2.75, 3.05) is 11.9 Å². The quantitative estimate of drug-likeness (QED) is 0.852. The number of rotatable bonds is 5. The molecule has 1 aromatic rings. The van der Waals surface area contributed by atoms with E-state index in [9.17, 15) is 4.79 Å². The minimum absolute atomic E-state index is 0.169. The zero-order valence-electron chi connectivity index (χ0n) is 12.0.